The van der Waals surface area contributed by atoms with Gasteiger partial charge in [0.15, 0.2) is 0 Å². The average Bonchev–Trinajstić information content (AvgIpc) is 2.52. The second kappa shape index (κ2) is 7.32. The fourth-order valence-electron chi connectivity index (χ4n) is 2.41. The molecule has 1 N–H and O–H groups in total. The van der Waals surface area contributed by atoms with Crippen molar-refractivity contribution in [2.75, 3.05) is 7.11 Å². The summed E-state index contributed by atoms with van der Waals surface area (Å²) in [5.74, 6) is 0.725. The Kier molecular flexibility index (Phi) is 5.45. The molecule has 4 heteroatoms. The maximum atomic E-state index is 12.4. The quantitative estimate of drug-likeness (QED) is 0.879. The van der Waals surface area contributed by atoms with Gasteiger partial charge in [-0.05, 0) is 48.7 Å². The molecule has 0 aromatic heterocycles. The maximum absolute atomic E-state index is 12.4. The zero-order valence-corrected chi connectivity index (χ0v) is 13.8. The van der Waals surface area contributed by atoms with Gasteiger partial charge in [0.05, 0.1) is 13.2 Å². The second-order valence-corrected chi connectivity index (χ2v) is 5.61. The first-order chi connectivity index (χ1) is 10.5. The number of benzene rings is 2. The third-order valence-electron chi connectivity index (χ3n) is 3.62. The number of halogens is 1. The summed E-state index contributed by atoms with van der Waals surface area (Å²) in [5, 5.41) is 3.61. The van der Waals surface area contributed by atoms with Crippen molar-refractivity contribution in [3.63, 3.8) is 0 Å². The van der Waals surface area contributed by atoms with Gasteiger partial charge in [0.2, 0.25) is 0 Å². The molecular weight excluding hydrogens is 298 g/mol. The third kappa shape index (κ3) is 3.80. The predicted molar refractivity (Wildman–Crippen MR) is 89.7 cm³/mol. The number of amides is 1. The van der Waals surface area contributed by atoms with E-state index in [1.165, 1.54) is 0 Å². The predicted octanol–water partition coefficient (Wildman–Crippen LogP) is 4.54. The zero-order chi connectivity index (χ0) is 16.1. The molecule has 1 atom stereocenters. The first-order valence-electron chi connectivity index (χ1n) is 7.26. The van der Waals surface area contributed by atoms with E-state index >= 15 is 0 Å². The van der Waals surface area contributed by atoms with Gasteiger partial charge in [0.25, 0.3) is 5.91 Å². The van der Waals surface area contributed by atoms with Crippen molar-refractivity contribution in [1.29, 1.82) is 0 Å². The molecular formula is C18H20ClNO2. The van der Waals surface area contributed by atoms with E-state index in [0.29, 0.717) is 10.6 Å². The summed E-state index contributed by atoms with van der Waals surface area (Å²) in [4.78, 5) is 12.4. The van der Waals surface area contributed by atoms with Crippen LogP contribution in [0.4, 0.5) is 0 Å². The Morgan fingerprint density at radius 2 is 2.05 bits per heavy atom. The van der Waals surface area contributed by atoms with Crippen LogP contribution in [0.25, 0.3) is 0 Å². The molecule has 0 aliphatic carbocycles. The number of carbonyl (C=O) groups excluding carboxylic acids is 1. The fraction of sp³-hybridized carbons (Fsp3) is 0.278. The molecule has 2 aromatic carbocycles. The van der Waals surface area contributed by atoms with E-state index in [1.807, 2.05) is 32.0 Å². The Hall–Kier alpha value is -2.00. The fourth-order valence-corrected chi connectivity index (χ4v) is 2.60. The molecule has 0 bridgehead atoms. The topological polar surface area (TPSA) is 38.3 Å². The van der Waals surface area contributed by atoms with Gasteiger partial charge >= 0.3 is 0 Å². The molecule has 1 amide bonds. The van der Waals surface area contributed by atoms with Gasteiger partial charge in [-0.3, -0.25) is 4.79 Å². The van der Waals surface area contributed by atoms with E-state index < -0.39 is 0 Å². The Morgan fingerprint density at radius 3 is 2.64 bits per heavy atom. The van der Waals surface area contributed by atoms with Crippen molar-refractivity contribution in [3.05, 3.63) is 64.2 Å². The van der Waals surface area contributed by atoms with Crippen LogP contribution in [0, 0.1) is 6.92 Å². The second-order valence-electron chi connectivity index (χ2n) is 5.17. The average molecular weight is 318 g/mol. The molecule has 2 rings (SSSR count). The smallest absolute Gasteiger partial charge is 0.251 e. The Bertz CT molecular complexity index is 670. The zero-order valence-electron chi connectivity index (χ0n) is 13.0. The molecule has 0 radical (unpaired) electrons. The third-order valence-corrected chi connectivity index (χ3v) is 3.86. The number of nitrogens with one attached hydrogen (secondary N) is 1. The lowest BCUT2D eigenvalue weighted by Gasteiger charge is -2.19. The molecule has 0 fully saturated rings. The Labute approximate surface area is 136 Å². The van der Waals surface area contributed by atoms with Crippen molar-refractivity contribution in [2.45, 2.75) is 26.3 Å². The highest BCUT2D eigenvalue weighted by molar-refractivity contribution is 6.30. The molecule has 2 aromatic rings. The standard InChI is InChI=1S/C18H20ClNO2/c1-4-16(13-8-9-17(22-3)12(2)10-13)20-18(21)14-6-5-7-15(19)11-14/h5-11,16H,4H2,1-3H3,(H,20,21)/t16-/m0/s1. The summed E-state index contributed by atoms with van der Waals surface area (Å²) in [7, 11) is 1.65. The van der Waals surface area contributed by atoms with Gasteiger partial charge in [0.1, 0.15) is 5.75 Å². The van der Waals surface area contributed by atoms with E-state index in [1.54, 1.807) is 31.4 Å². The van der Waals surface area contributed by atoms with E-state index in [0.717, 1.165) is 23.3 Å². The van der Waals surface area contributed by atoms with Gasteiger partial charge in [-0.1, -0.05) is 36.7 Å². The van der Waals surface area contributed by atoms with Gasteiger partial charge < -0.3 is 10.1 Å². The van der Waals surface area contributed by atoms with E-state index in [-0.39, 0.29) is 11.9 Å². The molecule has 3 nitrogen and oxygen atoms in total. The molecule has 116 valence electrons. The molecule has 0 aliphatic heterocycles. The Balaban J connectivity index is 2.18. The van der Waals surface area contributed by atoms with Crippen LogP contribution in [0.1, 0.15) is 40.9 Å². The lowest BCUT2D eigenvalue weighted by atomic mass is 10.0. The summed E-state index contributed by atoms with van der Waals surface area (Å²) in [6.07, 6.45) is 0.804. The van der Waals surface area contributed by atoms with Crippen LogP contribution < -0.4 is 10.1 Å². The van der Waals surface area contributed by atoms with Crippen LogP contribution >= 0.6 is 11.6 Å². The summed E-state index contributed by atoms with van der Waals surface area (Å²) in [5.41, 5.74) is 2.68. The molecule has 0 saturated carbocycles. The monoisotopic (exact) mass is 317 g/mol. The molecule has 0 aliphatic rings. The summed E-state index contributed by atoms with van der Waals surface area (Å²) in [6.45, 7) is 4.04. The van der Waals surface area contributed by atoms with Crippen molar-refractivity contribution in [3.8, 4) is 5.75 Å². The van der Waals surface area contributed by atoms with E-state index in [9.17, 15) is 4.79 Å². The van der Waals surface area contributed by atoms with Crippen molar-refractivity contribution in [2.24, 2.45) is 0 Å². The van der Waals surface area contributed by atoms with Crippen molar-refractivity contribution >= 4 is 17.5 Å². The maximum Gasteiger partial charge on any atom is 0.251 e. The van der Waals surface area contributed by atoms with Crippen molar-refractivity contribution in [1.82, 2.24) is 5.32 Å². The minimum atomic E-state index is -0.122. The summed E-state index contributed by atoms with van der Waals surface area (Å²) < 4.78 is 5.27. The number of ether oxygens (including phenoxy) is 1. The van der Waals surface area contributed by atoms with Crippen LogP contribution in [0.2, 0.25) is 5.02 Å². The minimum absolute atomic E-state index is 0.0453. The first kappa shape index (κ1) is 16.4. The normalized spacial score (nSPS) is 11.8. The van der Waals surface area contributed by atoms with Gasteiger partial charge in [0, 0.05) is 10.6 Å². The molecule has 0 heterocycles. The van der Waals surface area contributed by atoms with Crippen LogP contribution in [0.3, 0.4) is 0 Å². The number of methoxy groups -OCH3 is 1. The lowest BCUT2D eigenvalue weighted by Crippen LogP contribution is -2.28. The molecule has 0 unspecified atom stereocenters. The van der Waals surface area contributed by atoms with Gasteiger partial charge in [-0.2, -0.15) is 0 Å². The summed E-state index contributed by atoms with van der Waals surface area (Å²) in [6, 6.07) is 12.9. The Morgan fingerprint density at radius 1 is 1.27 bits per heavy atom. The van der Waals surface area contributed by atoms with Crippen molar-refractivity contribution < 1.29 is 9.53 Å². The number of aryl methyl sites for hydroxylation is 1. The highest BCUT2D eigenvalue weighted by Gasteiger charge is 2.15. The highest BCUT2D eigenvalue weighted by Crippen LogP contribution is 2.24. The molecule has 0 spiro atoms. The lowest BCUT2D eigenvalue weighted by molar-refractivity contribution is 0.0935. The van der Waals surface area contributed by atoms with E-state index in [4.69, 9.17) is 16.3 Å². The van der Waals surface area contributed by atoms with Crippen LogP contribution in [0.5, 0.6) is 5.75 Å². The van der Waals surface area contributed by atoms with Crippen LogP contribution in [-0.2, 0) is 0 Å². The van der Waals surface area contributed by atoms with Gasteiger partial charge in [-0.25, -0.2) is 0 Å². The number of rotatable bonds is 5. The minimum Gasteiger partial charge on any atom is -0.496 e. The summed E-state index contributed by atoms with van der Waals surface area (Å²) >= 11 is 5.94. The van der Waals surface area contributed by atoms with Crippen LogP contribution in [-0.4, -0.2) is 13.0 Å². The highest BCUT2D eigenvalue weighted by atomic mass is 35.5. The van der Waals surface area contributed by atoms with E-state index in [2.05, 4.69) is 5.32 Å². The largest absolute Gasteiger partial charge is 0.496 e. The number of carbonyl (C=O) groups is 1. The van der Waals surface area contributed by atoms with Crippen LogP contribution in [0.15, 0.2) is 42.5 Å². The molecule has 22 heavy (non-hydrogen) atoms. The molecule has 0 saturated heterocycles. The first-order valence-corrected chi connectivity index (χ1v) is 7.64. The van der Waals surface area contributed by atoms with Gasteiger partial charge in [-0.15, -0.1) is 0 Å². The number of hydrogen-bond donors (Lipinski definition) is 1. The number of hydrogen-bond acceptors (Lipinski definition) is 2. The SMILES string of the molecule is CC[C@H](NC(=O)c1cccc(Cl)c1)c1ccc(OC)c(C)c1.